The van der Waals surface area contributed by atoms with Gasteiger partial charge in [0, 0.05) is 5.56 Å². The van der Waals surface area contributed by atoms with E-state index in [-0.39, 0.29) is 0 Å². The van der Waals surface area contributed by atoms with Gasteiger partial charge in [0.25, 0.3) is 0 Å². The molecule has 0 heterocycles. The summed E-state index contributed by atoms with van der Waals surface area (Å²) in [5.74, 6) is -8.65. The highest BCUT2D eigenvalue weighted by atomic mass is 19.3. The Balaban J connectivity index is 1.97. The van der Waals surface area contributed by atoms with Crippen LogP contribution in [0.2, 0.25) is 0 Å². The van der Waals surface area contributed by atoms with Crippen LogP contribution in [0.4, 0.5) is 17.6 Å². The average Bonchev–Trinajstić information content (AvgIpc) is 2.72. The van der Waals surface area contributed by atoms with Crippen molar-refractivity contribution in [1.29, 1.82) is 0 Å². The molecule has 2 nitrogen and oxygen atoms in total. The molecule has 0 atom stereocenters. The zero-order valence-electron chi connectivity index (χ0n) is 17.0. The molecule has 6 heteroatoms. The molecule has 0 unspecified atom stereocenters. The van der Waals surface area contributed by atoms with Gasteiger partial charge in [0.2, 0.25) is 5.91 Å². The van der Waals surface area contributed by atoms with Crippen molar-refractivity contribution in [2.75, 3.05) is 6.54 Å². The molecule has 1 fully saturated rings. The zero-order chi connectivity index (χ0) is 21.5. The fraction of sp³-hybridized carbons (Fsp3) is 0.609. The molecule has 1 N–H and O–H groups in total. The highest BCUT2D eigenvalue weighted by molar-refractivity contribution is 5.86. The number of amides is 1. The monoisotopic (exact) mass is 413 g/mol. The number of alkyl halides is 4. The number of benzene rings is 1. The van der Waals surface area contributed by atoms with Crippen LogP contribution in [0.1, 0.15) is 75.3 Å². The van der Waals surface area contributed by atoms with Crippen LogP contribution in [0.15, 0.2) is 36.9 Å². The van der Waals surface area contributed by atoms with E-state index in [0.29, 0.717) is 5.92 Å². The first-order chi connectivity index (χ1) is 13.7. The summed E-state index contributed by atoms with van der Waals surface area (Å²) >= 11 is 0. The fourth-order valence-corrected chi connectivity index (χ4v) is 4.02. The van der Waals surface area contributed by atoms with Crippen molar-refractivity contribution in [2.24, 2.45) is 5.92 Å². The van der Waals surface area contributed by atoms with Crippen LogP contribution in [0, 0.1) is 5.92 Å². The van der Waals surface area contributed by atoms with E-state index < -0.39 is 29.9 Å². The first-order valence-corrected chi connectivity index (χ1v) is 10.5. The molecule has 1 aromatic rings. The normalized spacial score (nSPS) is 20.3. The van der Waals surface area contributed by atoms with E-state index in [9.17, 15) is 22.4 Å². The Morgan fingerprint density at radius 1 is 1.10 bits per heavy atom. The molecule has 0 radical (unpaired) electrons. The van der Waals surface area contributed by atoms with Crippen LogP contribution in [0.25, 0.3) is 0 Å². The average molecular weight is 413 g/mol. The van der Waals surface area contributed by atoms with Gasteiger partial charge in [-0.3, -0.25) is 4.79 Å². The van der Waals surface area contributed by atoms with E-state index in [4.69, 9.17) is 0 Å². The fourth-order valence-electron chi connectivity index (χ4n) is 4.02. The van der Waals surface area contributed by atoms with E-state index in [1.807, 2.05) is 0 Å². The minimum atomic E-state index is -4.40. The second kappa shape index (κ2) is 10.3. The third kappa shape index (κ3) is 6.06. The molecule has 0 aromatic heterocycles. The van der Waals surface area contributed by atoms with E-state index in [1.165, 1.54) is 25.7 Å². The van der Waals surface area contributed by atoms with Gasteiger partial charge in [-0.05, 0) is 49.2 Å². The lowest BCUT2D eigenvalue weighted by Gasteiger charge is -2.30. The SMILES string of the molecule is C=CC(=O)NCC(F)(F)C(F)(F)c1ccc(C2CCC(CCCCC)CC2)cc1. The van der Waals surface area contributed by atoms with Crippen molar-refractivity contribution in [3.8, 4) is 0 Å². The van der Waals surface area contributed by atoms with E-state index >= 15 is 0 Å². The van der Waals surface area contributed by atoms with Crippen LogP contribution >= 0.6 is 0 Å². The van der Waals surface area contributed by atoms with E-state index in [2.05, 4.69) is 13.5 Å². The summed E-state index contributed by atoms with van der Waals surface area (Å²) in [6, 6.07) is 5.27. The van der Waals surface area contributed by atoms with E-state index in [1.54, 1.807) is 17.4 Å². The van der Waals surface area contributed by atoms with Crippen molar-refractivity contribution in [3.63, 3.8) is 0 Å². The third-order valence-corrected chi connectivity index (χ3v) is 5.94. The van der Waals surface area contributed by atoms with Crippen LogP contribution < -0.4 is 5.32 Å². The van der Waals surface area contributed by atoms with Gasteiger partial charge in [-0.25, -0.2) is 0 Å². The first-order valence-electron chi connectivity index (χ1n) is 10.5. The van der Waals surface area contributed by atoms with Gasteiger partial charge in [-0.15, -0.1) is 0 Å². The van der Waals surface area contributed by atoms with E-state index in [0.717, 1.165) is 55.4 Å². The van der Waals surface area contributed by atoms with Gasteiger partial charge < -0.3 is 5.32 Å². The molecule has 0 spiro atoms. The summed E-state index contributed by atoms with van der Waals surface area (Å²) in [6.07, 6.45) is 10.0. The molecule has 162 valence electrons. The Kier molecular flexibility index (Phi) is 8.29. The topological polar surface area (TPSA) is 29.1 Å². The maximum Gasteiger partial charge on any atom is 0.337 e. The largest absolute Gasteiger partial charge is 0.346 e. The number of carbonyl (C=O) groups excluding carboxylic acids is 1. The summed E-state index contributed by atoms with van der Waals surface area (Å²) in [5.41, 5.74) is 0.187. The summed E-state index contributed by atoms with van der Waals surface area (Å²) in [4.78, 5) is 11.0. The van der Waals surface area contributed by atoms with Crippen molar-refractivity contribution in [1.82, 2.24) is 5.32 Å². The molecule has 1 aromatic carbocycles. The van der Waals surface area contributed by atoms with Gasteiger partial charge in [0.05, 0.1) is 6.54 Å². The van der Waals surface area contributed by atoms with Gasteiger partial charge in [0.15, 0.2) is 0 Å². The van der Waals surface area contributed by atoms with Crippen molar-refractivity contribution >= 4 is 5.91 Å². The summed E-state index contributed by atoms with van der Waals surface area (Å²) in [7, 11) is 0. The number of halogens is 4. The Morgan fingerprint density at radius 2 is 1.72 bits per heavy atom. The molecule has 1 aliphatic rings. The first kappa shape index (κ1) is 23.4. The Morgan fingerprint density at radius 3 is 2.28 bits per heavy atom. The summed E-state index contributed by atoms with van der Waals surface area (Å²) in [5, 5.41) is 1.75. The molecular weight excluding hydrogens is 382 g/mol. The lowest BCUT2D eigenvalue weighted by molar-refractivity contribution is -0.212. The van der Waals surface area contributed by atoms with Crippen LogP contribution in [0.3, 0.4) is 0 Å². The van der Waals surface area contributed by atoms with Crippen molar-refractivity contribution in [3.05, 3.63) is 48.0 Å². The Bertz CT molecular complexity index is 664. The molecular formula is C23H31F4NO. The second-order valence-corrected chi connectivity index (χ2v) is 8.04. The predicted octanol–water partition coefficient (Wildman–Crippen LogP) is 6.57. The van der Waals surface area contributed by atoms with Gasteiger partial charge in [-0.2, -0.15) is 17.6 Å². The number of rotatable bonds is 10. The molecule has 1 amide bonds. The number of unbranched alkanes of at least 4 members (excludes halogenated alkanes) is 2. The smallest absolute Gasteiger partial charge is 0.337 e. The highest BCUT2D eigenvalue weighted by Gasteiger charge is 2.57. The van der Waals surface area contributed by atoms with Gasteiger partial charge >= 0.3 is 11.8 Å². The maximum absolute atomic E-state index is 14.3. The molecule has 0 aliphatic heterocycles. The van der Waals surface area contributed by atoms with Crippen LogP contribution in [-0.4, -0.2) is 18.4 Å². The number of hydrogen-bond donors (Lipinski definition) is 1. The Labute approximate surface area is 170 Å². The molecule has 0 saturated heterocycles. The molecule has 29 heavy (non-hydrogen) atoms. The number of nitrogens with one attached hydrogen (secondary N) is 1. The van der Waals surface area contributed by atoms with Crippen molar-refractivity contribution in [2.45, 2.75) is 76.1 Å². The third-order valence-electron chi connectivity index (χ3n) is 5.94. The predicted molar refractivity (Wildman–Crippen MR) is 107 cm³/mol. The Hall–Kier alpha value is -1.85. The quantitative estimate of drug-likeness (QED) is 0.262. The van der Waals surface area contributed by atoms with Gasteiger partial charge in [-0.1, -0.05) is 63.5 Å². The molecule has 0 bridgehead atoms. The standard InChI is InChI=1S/C23H31F4NO/c1-3-5-6-7-17-8-10-18(11-9-17)19-12-14-20(15-13-19)23(26,27)22(24,25)16-28-21(29)4-2/h4,12-15,17-18H,2-3,5-11,16H2,1H3,(H,28,29). The zero-order valence-corrected chi connectivity index (χ0v) is 17.0. The molecule has 1 saturated carbocycles. The number of carbonyl (C=O) groups is 1. The van der Waals surface area contributed by atoms with Crippen LogP contribution in [0.5, 0.6) is 0 Å². The van der Waals surface area contributed by atoms with Crippen LogP contribution in [-0.2, 0) is 10.7 Å². The van der Waals surface area contributed by atoms with Crippen molar-refractivity contribution < 1.29 is 22.4 Å². The van der Waals surface area contributed by atoms with Gasteiger partial charge in [0.1, 0.15) is 0 Å². The second-order valence-electron chi connectivity index (χ2n) is 8.04. The highest BCUT2D eigenvalue weighted by Crippen LogP contribution is 2.44. The summed E-state index contributed by atoms with van der Waals surface area (Å²) in [6.45, 7) is 3.86. The minimum Gasteiger partial charge on any atom is -0.346 e. The maximum atomic E-state index is 14.3. The molecule has 1 aliphatic carbocycles. The molecule has 2 rings (SSSR count). The lowest BCUT2D eigenvalue weighted by atomic mass is 9.77. The minimum absolute atomic E-state index is 0.299. The lowest BCUT2D eigenvalue weighted by Crippen LogP contribution is -2.47. The number of hydrogen-bond acceptors (Lipinski definition) is 1. The summed E-state index contributed by atoms with van der Waals surface area (Å²) < 4.78 is 56.7.